The highest BCUT2D eigenvalue weighted by Gasteiger charge is 2.23. The van der Waals surface area contributed by atoms with E-state index in [1.807, 2.05) is 23.1 Å². The number of rotatable bonds is 6. The lowest BCUT2D eigenvalue weighted by atomic mass is 10.1. The van der Waals surface area contributed by atoms with E-state index >= 15 is 0 Å². The normalized spacial score (nSPS) is 14.3. The second-order valence-electron chi connectivity index (χ2n) is 8.94. The van der Waals surface area contributed by atoms with Gasteiger partial charge in [0.15, 0.2) is 5.65 Å². The average molecular weight is 483 g/mol. The third kappa shape index (κ3) is 4.86. The fraction of sp³-hybridized carbons (Fsp3) is 0.458. The van der Waals surface area contributed by atoms with Crippen molar-refractivity contribution in [2.24, 2.45) is 20.0 Å². The monoisotopic (exact) mass is 482 g/mol. The van der Waals surface area contributed by atoms with Gasteiger partial charge in [-0.05, 0) is 18.1 Å². The number of aryl methyl sites for hydroxylation is 1. The van der Waals surface area contributed by atoms with Crippen LogP contribution in [0.15, 0.2) is 44.9 Å². The van der Waals surface area contributed by atoms with Crippen molar-refractivity contribution in [3.05, 3.63) is 57.0 Å². The number of amides is 1. The molecule has 0 saturated carbocycles. The van der Waals surface area contributed by atoms with E-state index in [1.165, 1.54) is 23.4 Å². The Hall–Kier alpha value is -3.14. The molecule has 34 heavy (non-hydrogen) atoms. The molecule has 3 heterocycles. The summed E-state index contributed by atoms with van der Waals surface area (Å²) in [7, 11) is 3.04. The maximum atomic E-state index is 13.0. The second kappa shape index (κ2) is 10.0. The Morgan fingerprint density at radius 3 is 2.32 bits per heavy atom. The van der Waals surface area contributed by atoms with E-state index in [4.69, 9.17) is 0 Å². The van der Waals surface area contributed by atoms with Crippen LogP contribution >= 0.6 is 11.8 Å². The van der Waals surface area contributed by atoms with Crippen molar-refractivity contribution < 1.29 is 4.79 Å². The highest BCUT2D eigenvalue weighted by atomic mass is 32.2. The smallest absolute Gasteiger partial charge is 0.332 e. The van der Waals surface area contributed by atoms with Crippen LogP contribution in [0.5, 0.6) is 0 Å². The molecule has 0 aliphatic carbocycles. The maximum absolute atomic E-state index is 13.0. The van der Waals surface area contributed by atoms with Crippen LogP contribution in [-0.4, -0.2) is 61.8 Å². The van der Waals surface area contributed by atoms with Crippen LogP contribution in [-0.2, 0) is 25.3 Å². The van der Waals surface area contributed by atoms with Crippen molar-refractivity contribution in [2.75, 3.05) is 36.8 Å². The van der Waals surface area contributed by atoms with E-state index in [-0.39, 0.29) is 17.0 Å². The number of fused-ring (bicyclic) bond motifs is 1. The molecule has 0 unspecified atom stereocenters. The van der Waals surface area contributed by atoms with E-state index in [0.717, 1.165) is 23.3 Å². The molecule has 4 rings (SSSR count). The van der Waals surface area contributed by atoms with Gasteiger partial charge in [-0.2, -0.15) is 0 Å². The van der Waals surface area contributed by atoms with Gasteiger partial charge >= 0.3 is 5.69 Å². The summed E-state index contributed by atoms with van der Waals surface area (Å²) in [5.41, 5.74) is 0.594. The Kier molecular flexibility index (Phi) is 7.06. The van der Waals surface area contributed by atoms with Gasteiger partial charge in [0, 0.05) is 52.4 Å². The van der Waals surface area contributed by atoms with E-state index in [9.17, 15) is 14.4 Å². The molecule has 0 bridgehead atoms. The van der Waals surface area contributed by atoms with Crippen LogP contribution in [0.1, 0.15) is 19.7 Å². The minimum Gasteiger partial charge on any atom is -0.368 e. The summed E-state index contributed by atoms with van der Waals surface area (Å²) in [6.07, 6.45) is 0.613. The van der Waals surface area contributed by atoms with Gasteiger partial charge in [-0.25, -0.2) is 14.8 Å². The molecule has 180 valence electrons. The first-order valence-corrected chi connectivity index (χ1v) is 12.4. The largest absolute Gasteiger partial charge is 0.368 e. The molecule has 9 nitrogen and oxygen atoms in total. The highest BCUT2D eigenvalue weighted by Crippen LogP contribution is 2.24. The zero-order chi connectivity index (χ0) is 24.4. The first-order chi connectivity index (χ1) is 16.3. The highest BCUT2D eigenvalue weighted by molar-refractivity contribution is 8.00. The summed E-state index contributed by atoms with van der Waals surface area (Å²) < 4.78 is 2.43. The van der Waals surface area contributed by atoms with E-state index < -0.39 is 11.2 Å². The van der Waals surface area contributed by atoms with Gasteiger partial charge in [0.2, 0.25) is 5.91 Å². The molecule has 1 aliphatic heterocycles. The summed E-state index contributed by atoms with van der Waals surface area (Å²) in [5.74, 6) is 1.06. The third-order valence-electron chi connectivity index (χ3n) is 5.99. The zero-order valence-electron chi connectivity index (χ0n) is 20.0. The van der Waals surface area contributed by atoms with Crippen molar-refractivity contribution in [1.29, 1.82) is 0 Å². The number of carbonyl (C=O) groups is 1. The molecule has 0 radical (unpaired) electrons. The van der Waals surface area contributed by atoms with E-state index in [1.54, 1.807) is 7.05 Å². The molecule has 10 heteroatoms. The fourth-order valence-electron chi connectivity index (χ4n) is 4.11. The van der Waals surface area contributed by atoms with Crippen molar-refractivity contribution >= 4 is 34.4 Å². The Balaban J connectivity index is 1.54. The summed E-state index contributed by atoms with van der Waals surface area (Å²) in [4.78, 5) is 51.6. The molecular weight excluding hydrogens is 452 g/mol. The van der Waals surface area contributed by atoms with Crippen LogP contribution < -0.4 is 16.1 Å². The van der Waals surface area contributed by atoms with Gasteiger partial charge in [0.05, 0.1) is 5.75 Å². The standard InChI is InChI=1S/C24H30N6O3S/c1-16(2)14-18-25-21-20(23(32)28(4)24(33)27(21)3)22(26-18)34-15-19(31)30-12-10-29(11-13-30)17-8-6-5-7-9-17/h5-9,16H,10-15H2,1-4H3. The summed E-state index contributed by atoms with van der Waals surface area (Å²) in [5, 5.41) is 0.733. The molecule has 1 saturated heterocycles. The summed E-state index contributed by atoms with van der Waals surface area (Å²) >= 11 is 1.24. The van der Waals surface area contributed by atoms with Gasteiger partial charge in [-0.3, -0.25) is 18.7 Å². The van der Waals surface area contributed by atoms with Gasteiger partial charge in [0.25, 0.3) is 5.56 Å². The van der Waals surface area contributed by atoms with Crippen molar-refractivity contribution in [3.63, 3.8) is 0 Å². The van der Waals surface area contributed by atoms with Gasteiger partial charge in [-0.15, -0.1) is 0 Å². The van der Waals surface area contributed by atoms with Gasteiger partial charge in [0.1, 0.15) is 16.2 Å². The lowest BCUT2D eigenvalue weighted by Crippen LogP contribution is -2.49. The maximum Gasteiger partial charge on any atom is 0.332 e. The van der Waals surface area contributed by atoms with Gasteiger partial charge in [-0.1, -0.05) is 43.8 Å². The number of aromatic nitrogens is 4. The van der Waals surface area contributed by atoms with Crippen LogP contribution in [0, 0.1) is 5.92 Å². The molecule has 0 N–H and O–H groups in total. The predicted octanol–water partition coefficient (Wildman–Crippen LogP) is 1.67. The Labute approximate surface area is 202 Å². The van der Waals surface area contributed by atoms with E-state index in [2.05, 4.69) is 40.8 Å². The Morgan fingerprint density at radius 1 is 1.00 bits per heavy atom. The molecule has 2 aromatic heterocycles. The fourth-order valence-corrected chi connectivity index (χ4v) is 5.04. The SMILES string of the molecule is CC(C)Cc1nc(SCC(=O)N2CCN(c3ccccc3)CC2)c2c(=O)n(C)c(=O)n(C)c2n1. The lowest BCUT2D eigenvalue weighted by molar-refractivity contribution is -0.128. The number of anilines is 1. The minimum atomic E-state index is -0.444. The first-order valence-electron chi connectivity index (χ1n) is 11.4. The molecule has 1 amide bonds. The first kappa shape index (κ1) is 24.0. The lowest BCUT2D eigenvalue weighted by Gasteiger charge is -2.36. The number of hydrogen-bond acceptors (Lipinski definition) is 7. The number of hydrogen-bond donors (Lipinski definition) is 0. The Morgan fingerprint density at radius 2 is 1.68 bits per heavy atom. The van der Waals surface area contributed by atoms with Crippen molar-refractivity contribution in [3.8, 4) is 0 Å². The number of nitrogens with zero attached hydrogens (tertiary/aromatic N) is 6. The summed E-state index contributed by atoms with van der Waals surface area (Å²) in [6, 6.07) is 10.2. The number of thioether (sulfide) groups is 1. The average Bonchev–Trinajstić information content (AvgIpc) is 2.84. The molecule has 0 atom stereocenters. The van der Waals surface area contributed by atoms with Gasteiger partial charge < -0.3 is 9.80 Å². The quantitative estimate of drug-likeness (QED) is 0.390. The van der Waals surface area contributed by atoms with Crippen LogP contribution in [0.2, 0.25) is 0 Å². The molecule has 0 spiro atoms. The van der Waals surface area contributed by atoms with Crippen molar-refractivity contribution in [1.82, 2.24) is 24.0 Å². The Bertz CT molecular complexity index is 1310. The molecule has 1 fully saturated rings. The number of para-hydroxylation sites is 1. The summed E-state index contributed by atoms with van der Waals surface area (Å²) in [6.45, 7) is 6.96. The molecular formula is C24H30N6O3S. The van der Waals surface area contributed by atoms with Crippen LogP contribution in [0.25, 0.3) is 11.0 Å². The van der Waals surface area contributed by atoms with Crippen LogP contribution in [0.3, 0.4) is 0 Å². The second-order valence-corrected chi connectivity index (χ2v) is 9.90. The molecule has 3 aromatic rings. The molecule has 1 aromatic carbocycles. The minimum absolute atomic E-state index is 0.0107. The number of piperazine rings is 1. The third-order valence-corrected chi connectivity index (χ3v) is 6.95. The number of benzene rings is 1. The predicted molar refractivity (Wildman–Crippen MR) is 135 cm³/mol. The van der Waals surface area contributed by atoms with Crippen molar-refractivity contribution in [2.45, 2.75) is 25.3 Å². The molecule has 1 aliphatic rings. The topological polar surface area (TPSA) is 93.3 Å². The van der Waals surface area contributed by atoms with E-state index in [0.29, 0.717) is 41.9 Å². The zero-order valence-corrected chi connectivity index (χ0v) is 20.8. The van der Waals surface area contributed by atoms with Crippen LogP contribution in [0.4, 0.5) is 5.69 Å². The number of carbonyl (C=O) groups excluding carboxylic acids is 1.